The number of hydrogen-bond acceptors (Lipinski definition) is 1. The summed E-state index contributed by atoms with van der Waals surface area (Å²) in [4.78, 5) is 5.39. The molecule has 0 aliphatic heterocycles. The van der Waals surface area contributed by atoms with Crippen LogP contribution in [0.25, 0.3) is 28.2 Å². The molecule has 1 heterocycles. The molecule has 0 N–H and O–H groups in total. The van der Waals surface area contributed by atoms with Gasteiger partial charge in [0.15, 0.2) is 0 Å². The van der Waals surface area contributed by atoms with Crippen molar-refractivity contribution in [2.45, 2.75) is 259 Å². The van der Waals surface area contributed by atoms with Crippen molar-refractivity contribution in [1.82, 2.24) is 9.55 Å². The van der Waals surface area contributed by atoms with Gasteiger partial charge < -0.3 is 0 Å². The van der Waals surface area contributed by atoms with E-state index in [0.717, 1.165) is 25.1 Å². The Morgan fingerprint density at radius 1 is 0.397 bits per heavy atom. The van der Waals surface area contributed by atoms with Crippen LogP contribution in [0.5, 0.6) is 0 Å². The Morgan fingerprint density at radius 2 is 0.778 bits per heavy atom. The van der Waals surface area contributed by atoms with Gasteiger partial charge in [0.1, 0.15) is 5.82 Å². The van der Waals surface area contributed by atoms with Gasteiger partial charge in [-0.2, -0.15) is 0 Å². The number of imidazole rings is 1. The van der Waals surface area contributed by atoms with Gasteiger partial charge in [0.2, 0.25) is 0 Å². The number of unbranched alkanes of at least 4 members (excludes halogenated alkanes) is 27. The Hall–Kier alpha value is -3.13. The summed E-state index contributed by atoms with van der Waals surface area (Å²) in [5, 5.41) is 0. The molecule has 2 heteroatoms. The molecule has 0 radical (unpaired) electrons. The van der Waals surface area contributed by atoms with Gasteiger partial charge in [-0.1, -0.05) is 276 Å². The fraction of sp³-hybridized carbons (Fsp3) is 0.656. The van der Waals surface area contributed by atoms with Gasteiger partial charge >= 0.3 is 0 Å². The van der Waals surface area contributed by atoms with Crippen LogP contribution in [0, 0.1) is 0 Å². The lowest BCUT2D eigenvalue weighted by atomic mass is 9.82. The highest BCUT2D eigenvalue weighted by atomic mass is 15.1. The van der Waals surface area contributed by atoms with Gasteiger partial charge in [0.25, 0.3) is 0 Å². The largest absolute Gasteiger partial charge is 0.296 e. The predicted molar refractivity (Wildman–Crippen MR) is 280 cm³/mol. The summed E-state index contributed by atoms with van der Waals surface area (Å²) in [7, 11) is 0. The molecule has 0 amide bonds. The van der Waals surface area contributed by atoms with E-state index in [9.17, 15) is 0 Å². The van der Waals surface area contributed by atoms with Crippen molar-refractivity contribution in [1.29, 1.82) is 0 Å². The minimum atomic E-state index is 0.0954. The zero-order chi connectivity index (χ0) is 44.8. The Labute approximate surface area is 390 Å². The number of benzene rings is 3. The molecular formula is C61H96N2. The molecular weight excluding hydrogens is 761 g/mol. The van der Waals surface area contributed by atoms with E-state index in [4.69, 9.17) is 4.98 Å². The number of nitrogens with zero attached hydrogens (tertiary/aromatic N) is 2. The molecule has 0 fully saturated rings. The van der Waals surface area contributed by atoms with E-state index in [-0.39, 0.29) is 5.41 Å². The Balaban J connectivity index is 1.66. The molecule has 0 atom stereocenters. The number of rotatable bonds is 36. The van der Waals surface area contributed by atoms with Crippen molar-refractivity contribution in [3.63, 3.8) is 0 Å². The van der Waals surface area contributed by atoms with Crippen molar-refractivity contribution in [3.8, 4) is 28.2 Å². The lowest BCUT2D eigenvalue weighted by Gasteiger charge is -2.26. The quantitative estimate of drug-likeness (QED) is 0.0417. The molecule has 350 valence electrons. The summed E-state index contributed by atoms with van der Waals surface area (Å²) in [6.07, 6.45) is 46.7. The third kappa shape index (κ3) is 19.9. The van der Waals surface area contributed by atoms with Crippen molar-refractivity contribution in [2.24, 2.45) is 0 Å². The summed E-state index contributed by atoms with van der Waals surface area (Å²) in [5.41, 5.74) is 11.3. The molecule has 4 rings (SSSR count). The molecule has 0 saturated carbocycles. The fourth-order valence-corrected chi connectivity index (χ4v) is 9.75. The predicted octanol–water partition coefficient (Wildman–Crippen LogP) is 19.9. The average molecular weight is 857 g/mol. The molecule has 3 aromatic carbocycles. The monoisotopic (exact) mass is 857 g/mol. The van der Waals surface area contributed by atoms with Crippen molar-refractivity contribution in [3.05, 3.63) is 95.3 Å². The molecule has 4 aromatic rings. The highest BCUT2D eigenvalue weighted by Gasteiger charge is 2.24. The minimum absolute atomic E-state index is 0.0954. The molecule has 0 aliphatic rings. The first kappa shape index (κ1) is 52.5. The van der Waals surface area contributed by atoms with Gasteiger partial charge in [0.05, 0.1) is 5.69 Å². The van der Waals surface area contributed by atoms with E-state index < -0.39 is 0 Å². The SMILES string of the molecule is CCCCCCCCCCCCc1cc(C(C)(C)C)cc(CCCCCCCCCCCC)c1-n1c(CCCCCCCCCCCC)cnc1-c1cccc(-c2ccccc2)c1. The Morgan fingerprint density at radius 3 is 1.21 bits per heavy atom. The number of aromatic nitrogens is 2. The maximum absolute atomic E-state index is 5.39. The first-order valence-electron chi connectivity index (χ1n) is 27.3. The average Bonchev–Trinajstić information content (AvgIpc) is 3.71. The standard InChI is InChI=1S/C61H96N2/c1-7-10-13-16-19-22-25-28-31-35-43-54-49-57(61(4,5)6)50-55(44-36-32-29-26-23-20-17-14-11-8-2)59(54)63-58(47-39-33-30-27-24-21-18-15-12-9-3)51-62-60(63)56-46-40-45-53(48-56)52-41-37-34-38-42-52/h34,37-38,40-42,45-46,48-51H,7-33,35-36,39,43-44,47H2,1-6H3. The second-order valence-corrected chi connectivity index (χ2v) is 20.5. The highest BCUT2D eigenvalue weighted by molar-refractivity contribution is 5.72. The van der Waals surface area contributed by atoms with Gasteiger partial charge in [-0.25, -0.2) is 4.98 Å². The summed E-state index contributed by atoms with van der Waals surface area (Å²) in [6.45, 7) is 14.2. The van der Waals surface area contributed by atoms with Crippen LogP contribution in [-0.4, -0.2) is 9.55 Å². The highest BCUT2D eigenvalue weighted by Crippen LogP contribution is 2.37. The van der Waals surface area contributed by atoms with Crippen LogP contribution in [0.2, 0.25) is 0 Å². The second-order valence-electron chi connectivity index (χ2n) is 20.5. The van der Waals surface area contributed by atoms with Crippen LogP contribution in [0.4, 0.5) is 0 Å². The zero-order valence-corrected chi connectivity index (χ0v) is 42.2. The van der Waals surface area contributed by atoms with E-state index in [0.29, 0.717) is 0 Å². The Kier molecular flexibility index (Phi) is 26.4. The minimum Gasteiger partial charge on any atom is -0.296 e. The van der Waals surface area contributed by atoms with Crippen molar-refractivity contribution >= 4 is 0 Å². The van der Waals surface area contributed by atoms with Crippen LogP contribution in [0.1, 0.15) is 257 Å². The Bertz CT molecular complexity index is 1690. The molecule has 0 aliphatic carbocycles. The van der Waals surface area contributed by atoms with Gasteiger partial charge in [-0.15, -0.1) is 0 Å². The van der Waals surface area contributed by atoms with E-state index in [1.165, 1.54) is 226 Å². The second kappa shape index (κ2) is 31.7. The third-order valence-electron chi connectivity index (χ3n) is 13.8. The number of hydrogen-bond donors (Lipinski definition) is 0. The third-order valence-corrected chi connectivity index (χ3v) is 13.8. The van der Waals surface area contributed by atoms with Crippen molar-refractivity contribution in [2.75, 3.05) is 0 Å². The fourth-order valence-electron chi connectivity index (χ4n) is 9.75. The van der Waals surface area contributed by atoms with Gasteiger partial charge in [0, 0.05) is 17.5 Å². The van der Waals surface area contributed by atoms with Crippen LogP contribution < -0.4 is 0 Å². The van der Waals surface area contributed by atoms with Gasteiger partial charge in [-0.05, 0) is 77.8 Å². The summed E-state index contributed by atoms with van der Waals surface area (Å²) in [5.74, 6) is 1.12. The zero-order valence-electron chi connectivity index (χ0n) is 42.2. The van der Waals surface area contributed by atoms with Crippen LogP contribution in [0.3, 0.4) is 0 Å². The van der Waals surface area contributed by atoms with Crippen LogP contribution >= 0.6 is 0 Å². The molecule has 1 aromatic heterocycles. The molecule has 0 bridgehead atoms. The van der Waals surface area contributed by atoms with Crippen LogP contribution in [0.15, 0.2) is 72.9 Å². The van der Waals surface area contributed by atoms with E-state index in [1.54, 1.807) is 11.1 Å². The first-order chi connectivity index (χ1) is 30.9. The van der Waals surface area contributed by atoms with Crippen molar-refractivity contribution < 1.29 is 0 Å². The molecule has 0 unspecified atom stereocenters. The molecule has 2 nitrogen and oxygen atoms in total. The summed E-state index contributed by atoms with van der Waals surface area (Å²) < 4.78 is 2.68. The summed E-state index contributed by atoms with van der Waals surface area (Å²) >= 11 is 0. The first-order valence-corrected chi connectivity index (χ1v) is 27.3. The van der Waals surface area contributed by atoms with E-state index in [1.807, 2.05) is 0 Å². The van der Waals surface area contributed by atoms with E-state index >= 15 is 0 Å². The summed E-state index contributed by atoms with van der Waals surface area (Å²) in [6, 6.07) is 25.4. The number of aryl methyl sites for hydroxylation is 3. The van der Waals surface area contributed by atoms with E-state index in [2.05, 4.69) is 119 Å². The molecule has 0 spiro atoms. The van der Waals surface area contributed by atoms with Gasteiger partial charge in [-0.3, -0.25) is 4.57 Å². The lowest BCUT2D eigenvalue weighted by molar-refractivity contribution is 0.552. The normalized spacial score (nSPS) is 11.8. The lowest BCUT2D eigenvalue weighted by Crippen LogP contribution is -2.16. The maximum Gasteiger partial charge on any atom is 0.144 e. The smallest absolute Gasteiger partial charge is 0.144 e. The molecule has 0 saturated heterocycles. The van der Waals surface area contributed by atoms with Crippen LogP contribution in [-0.2, 0) is 24.7 Å². The maximum atomic E-state index is 5.39. The molecule has 63 heavy (non-hydrogen) atoms. The topological polar surface area (TPSA) is 17.8 Å².